The van der Waals surface area contributed by atoms with Crippen molar-refractivity contribution < 1.29 is 9.90 Å². The van der Waals surface area contributed by atoms with E-state index in [0.717, 1.165) is 17.1 Å². The van der Waals surface area contributed by atoms with Crippen LogP contribution in [0, 0.1) is 6.92 Å². The van der Waals surface area contributed by atoms with Gasteiger partial charge in [-0.05, 0) is 24.6 Å². The van der Waals surface area contributed by atoms with Crippen LogP contribution >= 0.6 is 0 Å². The van der Waals surface area contributed by atoms with Crippen molar-refractivity contribution in [3.63, 3.8) is 0 Å². The fourth-order valence-corrected chi connectivity index (χ4v) is 1.36. The Labute approximate surface area is 86.6 Å². The summed E-state index contributed by atoms with van der Waals surface area (Å²) in [7, 11) is 0. The van der Waals surface area contributed by atoms with Crippen molar-refractivity contribution in [1.29, 1.82) is 0 Å². The van der Waals surface area contributed by atoms with Gasteiger partial charge in [-0.15, -0.1) is 0 Å². The molecule has 2 N–H and O–H groups in total. The molecule has 0 atom stereocenters. The number of aryl methyl sites for hydroxylation is 1. The molecule has 0 aliphatic rings. The molecule has 0 saturated heterocycles. The number of carbonyl (C=O) groups is 1. The van der Waals surface area contributed by atoms with Crippen molar-refractivity contribution >= 4 is 5.97 Å². The van der Waals surface area contributed by atoms with Gasteiger partial charge in [-0.1, -0.05) is 12.1 Å². The van der Waals surface area contributed by atoms with Crippen molar-refractivity contribution in [2.24, 2.45) is 0 Å². The van der Waals surface area contributed by atoms with Gasteiger partial charge in [-0.2, -0.15) is 0 Å². The SMILES string of the molecule is Cc1ncc(-c2ccc(C(=O)O)cc2)[nH]1. The number of benzene rings is 1. The normalized spacial score (nSPS) is 10.2. The molecule has 4 heteroatoms. The number of rotatable bonds is 2. The average molecular weight is 202 g/mol. The minimum absolute atomic E-state index is 0.287. The quantitative estimate of drug-likeness (QED) is 0.783. The number of aromatic carboxylic acids is 1. The lowest BCUT2D eigenvalue weighted by molar-refractivity contribution is 0.0697. The molecule has 0 aliphatic heterocycles. The van der Waals surface area contributed by atoms with Gasteiger partial charge in [0, 0.05) is 0 Å². The second kappa shape index (κ2) is 3.57. The molecule has 0 aliphatic carbocycles. The number of hydrogen-bond donors (Lipinski definition) is 2. The van der Waals surface area contributed by atoms with Gasteiger partial charge in [0.2, 0.25) is 0 Å². The third-order valence-electron chi connectivity index (χ3n) is 2.15. The largest absolute Gasteiger partial charge is 0.478 e. The van der Waals surface area contributed by atoms with Crippen LogP contribution in [0.4, 0.5) is 0 Å². The van der Waals surface area contributed by atoms with E-state index in [1.54, 1.807) is 30.5 Å². The highest BCUT2D eigenvalue weighted by atomic mass is 16.4. The molecule has 0 unspecified atom stereocenters. The van der Waals surface area contributed by atoms with Crippen molar-refractivity contribution in [2.45, 2.75) is 6.92 Å². The van der Waals surface area contributed by atoms with Gasteiger partial charge in [-0.3, -0.25) is 0 Å². The average Bonchev–Trinajstić information content (AvgIpc) is 2.65. The van der Waals surface area contributed by atoms with Crippen LogP contribution in [0.15, 0.2) is 30.5 Å². The summed E-state index contributed by atoms with van der Waals surface area (Å²) in [5.41, 5.74) is 2.11. The summed E-state index contributed by atoms with van der Waals surface area (Å²) in [5, 5.41) is 8.73. The van der Waals surface area contributed by atoms with Gasteiger partial charge >= 0.3 is 5.97 Å². The minimum Gasteiger partial charge on any atom is -0.478 e. The Bertz CT molecular complexity index is 486. The van der Waals surface area contributed by atoms with Crippen LogP contribution in [0.5, 0.6) is 0 Å². The number of nitrogens with zero attached hydrogens (tertiary/aromatic N) is 1. The van der Waals surface area contributed by atoms with Gasteiger partial charge in [0.05, 0.1) is 17.5 Å². The number of carboxylic acids is 1. The predicted molar refractivity (Wildman–Crippen MR) is 55.7 cm³/mol. The zero-order valence-electron chi connectivity index (χ0n) is 8.19. The maximum Gasteiger partial charge on any atom is 0.335 e. The number of nitrogens with one attached hydrogen (secondary N) is 1. The highest BCUT2D eigenvalue weighted by molar-refractivity contribution is 5.88. The smallest absolute Gasteiger partial charge is 0.335 e. The lowest BCUT2D eigenvalue weighted by Gasteiger charge is -1.98. The molecule has 0 radical (unpaired) electrons. The molecule has 0 fully saturated rings. The first-order valence-electron chi connectivity index (χ1n) is 4.52. The van der Waals surface area contributed by atoms with Crippen molar-refractivity contribution in [3.05, 3.63) is 41.9 Å². The standard InChI is InChI=1S/C11H10N2O2/c1-7-12-6-10(13-7)8-2-4-9(5-3-8)11(14)15/h2-6H,1H3,(H,12,13)(H,14,15). The molecule has 1 aromatic heterocycles. The van der Waals surface area contributed by atoms with Crippen LogP contribution in [-0.4, -0.2) is 21.0 Å². The third-order valence-corrected chi connectivity index (χ3v) is 2.15. The molecule has 2 aromatic rings. The molecule has 0 spiro atoms. The molecule has 15 heavy (non-hydrogen) atoms. The number of H-pyrrole nitrogens is 1. The summed E-state index contributed by atoms with van der Waals surface area (Å²) in [6, 6.07) is 6.68. The van der Waals surface area contributed by atoms with Crippen LogP contribution in [0.2, 0.25) is 0 Å². The van der Waals surface area contributed by atoms with E-state index >= 15 is 0 Å². The Hall–Kier alpha value is -2.10. The molecular formula is C11H10N2O2. The summed E-state index contributed by atoms with van der Waals surface area (Å²) in [6.07, 6.45) is 1.73. The highest BCUT2D eigenvalue weighted by Crippen LogP contribution is 2.17. The van der Waals surface area contributed by atoms with Gasteiger partial charge in [-0.25, -0.2) is 9.78 Å². The zero-order valence-corrected chi connectivity index (χ0v) is 8.19. The first-order chi connectivity index (χ1) is 7.16. The van der Waals surface area contributed by atoms with E-state index in [1.807, 2.05) is 6.92 Å². The summed E-state index contributed by atoms with van der Waals surface area (Å²) in [5.74, 6) is -0.0744. The molecule has 0 bridgehead atoms. The second-order valence-electron chi connectivity index (χ2n) is 3.26. The van der Waals surface area contributed by atoms with E-state index in [-0.39, 0.29) is 5.56 Å². The van der Waals surface area contributed by atoms with Crippen molar-refractivity contribution in [1.82, 2.24) is 9.97 Å². The van der Waals surface area contributed by atoms with Crippen LogP contribution in [0.3, 0.4) is 0 Å². The first kappa shape index (κ1) is 9.45. The molecule has 0 amide bonds. The Morgan fingerprint density at radius 2 is 2.00 bits per heavy atom. The summed E-state index contributed by atoms with van der Waals surface area (Å²) < 4.78 is 0. The molecular weight excluding hydrogens is 192 g/mol. The van der Waals surface area contributed by atoms with Crippen molar-refractivity contribution in [3.8, 4) is 11.3 Å². The number of hydrogen-bond acceptors (Lipinski definition) is 2. The monoisotopic (exact) mass is 202 g/mol. The number of carboxylic acid groups (broad SMARTS) is 1. The Balaban J connectivity index is 2.35. The highest BCUT2D eigenvalue weighted by Gasteiger charge is 2.04. The van der Waals surface area contributed by atoms with E-state index < -0.39 is 5.97 Å². The Morgan fingerprint density at radius 1 is 1.33 bits per heavy atom. The van der Waals surface area contributed by atoms with E-state index in [4.69, 9.17) is 5.11 Å². The fourth-order valence-electron chi connectivity index (χ4n) is 1.36. The number of aromatic amines is 1. The molecule has 76 valence electrons. The third kappa shape index (κ3) is 1.88. The lowest BCUT2D eigenvalue weighted by atomic mass is 10.1. The Morgan fingerprint density at radius 3 is 2.47 bits per heavy atom. The van der Waals surface area contributed by atoms with Crippen LogP contribution in [-0.2, 0) is 0 Å². The van der Waals surface area contributed by atoms with Gasteiger partial charge < -0.3 is 10.1 Å². The topological polar surface area (TPSA) is 66.0 Å². The fraction of sp³-hybridized carbons (Fsp3) is 0.0909. The summed E-state index contributed by atoms with van der Waals surface area (Å²) in [4.78, 5) is 17.8. The van der Waals surface area contributed by atoms with E-state index in [1.165, 1.54) is 0 Å². The van der Waals surface area contributed by atoms with E-state index in [0.29, 0.717) is 0 Å². The first-order valence-corrected chi connectivity index (χ1v) is 4.52. The predicted octanol–water partition coefficient (Wildman–Crippen LogP) is 2.08. The van der Waals surface area contributed by atoms with Crippen molar-refractivity contribution in [2.75, 3.05) is 0 Å². The minimum atomic E-state index is -0.914. The lowest BCUT2D eigenvalue weighted by Crippen LogP contribution is -1.94. The summed E-state index contributed by atoms with van der Waals surface area (Å²) in [6.45, 7) is 1.87. The molecule has 1 aromatic carbocycles. The van der Waals surface area contributed by atoms with E-state index in [9.17, 15) is 4.79 Å². The Kier molecular flexibility index (Phi) is 2.25. The molecule has 2 rings (SSSR count). The molecule has 0 saturated carbocycles. The second-order valence-corrected chi connectivity index (χ2v) is 3.26. The number of aromatic nitrogens is 2. The maximum atomic E-state index is 10.6. The summed E-state index contributed by atoms with van der Waals surface area (Å²) >= 11 is 0. The van der Waals surface area contributed by atoms with Gasteiger partial charge in [0.15, 0.2) is 0 Å². The number of imidazole rings is 1. The van der Waals surface area contributed by atoms with Crippen LogP contribution in [0.25, 0.3) is 11.3 Å². The van der Waals surface area contributed by atoms with E-state index in [2.05, 4.69) is 9.97 Å². The molecule has 1 heterocycles. The molecule has 4 nitrogen and oxygen atoms in total. The van der Waals surface area contributed by atoms with Gasteiger partial charge in [0.1, 0.15) is 5.82 Å². The van der Waals surface area contributed by atoms with Crippen LogP contribution < -0.4 is 0 Å². The maximum absolute atomic E-state index is 10.6. The van der Waals surface area contributed by atoms with Gasteiger partial charge in [0.25, 0.3) is 0 Å². The zero-order chi connectivity index (χ0) is 10.8. The van der Waals surface area contributed by atoms with Crippen LogP contribution in [0.1, 0.15) is 16.2 Å².